The van der Waals surface area contributed by atoms with Crippen LogP contribution in [0.15, 0.2) is 36.5 Å². The van der Waals surface area contributed by atoms with Gasteiger partial charge < -0.3 is 5.73 Å². The summed E-state index contributed by atoms with van der Waals surface area (Å²) < 4.78 is 1.95. The van der Waals surface area contributed by atoms with Crippen molar-refractivity contribution in [2.24, 2.45) is 5.73 Å². The number of rotatable bonds is 3. The summed E-state index contributed by atoms with van der Waals surface area (Å²) in [6, 6.07) is 10.3. The van der Waals surface area contributed by atoms with Crippen LogP contribution in [0.3, 0.4) is 0 Å². The van der Waals surface area contributed by atoms with Gasteiger partial charge in [-0.2, -0.15) is 5.10 Å². The zero-order chi connectivity index (χ0) is 11.5. The number of aryl methyl sites for hydroxylation is 1. The molecule has 2 aromatic rings. The summed E-state index contributed by atoms with van der Waals surface area (Å²) in [6.07, 6.45) is 2.03. The van der Waals surface area contributed by atoms with E-state index in [0.717, 1.165) is 17.8 Å². The highest BCUT2D eigenvalue weighted by atomic mass is 15.3. The number of nitrogens with two attached hydrogens (primary N) is 1. The van der Waals surface area contributed by atoms with E-state index in [1.807, 2.05) is 42.9 Å². The maximum Gasteiger partial charge on any atom is 0.0659 e. The van der Waals surface area contributed by atoms with Crippen molar-refractivity contribution in [1.82, 2.24) is 9.78 Å². The zero-order valence-electron chi connectivity index (χ0n) is 9.72. The summed E-state index contributed by atoms with van der Waals surface area (Å²) in [5, 5.41) is 4.46. The Kier molecular flexibility index (Phi) is 3.06. The first-order valence-electron chi connectivity index (χ1n) is 5.50. The molecule has 0 fully saturated rings. The lowest BCUT2D eigenvalue weighted by Gasteiger charge is -2.01. The average molecular weight is 215 g/mol. The first-order valence-corrected chi connectivity index (χ1v) is 5.50. The molecule has 84 valence electrons. The molecule has 0 aliphatic heterocycles. The van der Waals surface area contributed by atoms with E-state index in [-0.39, 0.29) is 6.04 Å². The van der Waals surface area contributed by atoms with Gasteiger partial charge in [0, 0.05) is 17.8 Å². The normalized spacial score (nSPS) is 12.7. The summed E-state index contributed by atoms with van der Waals surface area (Å²) in [5.41, 5.74) is 9.26. The highest BCUT2D eigenvalue weighted by Crippen LogP contribution is 2.14. The third-order valence-corrected chi connectivity index (χ3v) is 2.66. The van der Waals surface area contributed by atoms with Gasteiger partial charge >= 0.3 is 0 Å². The highest BCUT2D eigenvalue weighted by Gasteiger charge is 2.08. The van der Waals surface area contributed by atoms with E-state index in [2.05, 4.69) is 17.2 Å². The molecule has 0 amide bonds. The smallest absolute Gasteiger partial charge is 0.0659 e. The molecule has 0 aliphatic rings. The fraction of sp³-hybridized carbons (Fsp3) is 0.308. The number of hydrogen-bond acceptors (Lipinski definition) is 2. The van der Waals surface area contributed by atoms with Gasteiger partial charge in [0.15, 0.2) is 0 Å². The summed E-state index contributed by atoms with van der Waals surface area (Å²) in [6.45, 7) is 4.78. The van der Waals surface area contributed by atoms with Gasteiger partial charge in [0.1, 0.15) is 0 Å². The number of nitrogens with zero attached hydrogens (tertiary/aromatic N) is 2. The molecule has 2 rings (SSSR count). The standard InChI is InChI=1S/C13H17N3/c1-10(14)13-9-16(15-11(13)2)8-12-6-4-3-5-7-12/h3-7,9-10H,8,14H2,1-2H3/t10-/m0/s1. The van der Waals surface area contributed by atoms with Crippen molar-refractivity contribution in [2.45, 2.75) is 26.4 Å². The fourth-order valence-corrected chi connectivity index (χ4v) is 1.83. The van der Waals surface area contributed by atoms with Gasteiger partial charge in [0.25, 0.3) is 0 Å². The predicted octanol–water partition coefficient (Wildman–Crippen LogP) is 2.26. The summed E-state index contributed by atoms with van der Waals surface area (Å²) in [5.74, 6) is 0. The Balaban J connectivity index is 2.20. The maximum atomic E-state index is 5.87. The molecule has 0 unspecified atom stereocenters. The van der Waals surface area contributed by atoms with E-state index in [9.17, 15) is 0 Å². The average Bonchev–Trinajstić information content (AvgIpc) is 2.61. The van der Waals surface area contributed by atoms with Gasteiger partial charge in [-0.15, -0.1) is 0 Å². The van der Waals surface area contributed by atoms with Gasteiger partial charge in [-0.1, -0.05) is 30.3 Å². The van der Waals surface area contributed by atoms with Crippen LogP contribution in [0.2, 0.25) is 0 Å². The van der Waals surface area contributed by atoms with Crippen LogP contribution in [0, 0.1) is 6.92 Å². The Labute approximate surface area is 95.9 Å². The third-order valence-electron chi connectivity index (χ3n) is 2.66. The maximum absolute atomic E-state index is 5.87. The molecule has 1 heterocycles. The molecule has 3 nitrogen and oxygen atoms in total. The predicted molar refractivity (Wildman–Crippen MR) is 65.1 cm³/mol. The van der Waals surface area contributed by atoms with Crippen molar-refractivity contribution < 1.29 is 0 Å². The van der Waals surface area contributed by atoms with Crippen LogP contribution in [-0.2, 0) is 6.54 Å². The van der Waals surface area contributed by atoms with Gasteiger partial charge in [-0.25, -0.2) is 0 Å². The Morgan fingerprint density at radius 2 is 2.00 bits per heavy atom. The topological polar surface area (TPSA) is 43.8 Å². The van der Waals surface area contributed by atoms with Crippen molar-refractivity contribution in [2.75, 3.05) is 0 Å². The summed E-state index contributed by atoms with van der Waals surface area (Å²) >= 11 is 0. The molecular weight excluding hydrogens is 198 g/mol. The molecular formula is C13H17N3. The van der Waals surface area contributed by atoms with Crippen LogP contribution in [0.1, 0.15) is 29.8 Å². The number of hydrogen-bond donors (Lipinski definition) is 1. The van der Waals surface area contributed by atoms with Gasteiger partial charge in [-0.3, -0.25) is 4.68 Å². The molecule has 0 aliphatic carbocycles. The van der Waals surface area contributed by atoms with Crippen LogP contribution < -0.4 is 5.73 Å². The molecule has 3 heteroatoms. The van der Waals surface area contributed by atoms with E-state index in [1.54, 1.807) is 0 Å². The van der Waals surface area contributed by atoms with E-state index >= 15 is 0 Å². The monoisotopic (exact) mass is 215 g/mol. The van der Waals surface area contributed by atoms with Crippen molar-refractivity contribution >= 4 is 0 Å². The Morgan fingerprint density at radius 1 is 1.31 bits per heavy atom. The first-order chi connectivity index (χ1) is 7.66. The van der Waals surface area contributed by atoms with E-state index in [4.69, 9.17) is 5.73 Å². The molecule has 2 N–H and O–H groups in total. The quantitative estimate of drug-likeness (QED) is 0.853. The van der Waals surface area contributed by atoms with Crippen LogP contribution in [0.25, 0.3) is 0 Å². The minimum absolute atomic E-state index is 0.0459. The van der Waals surface area contributed by atoms with Crippen molar-refractivity contribution in [3.05, 3.63) is 53.3 Å². The van der Waals surface area contributed by atoms with Crippen LogP contribution in [-0.4, -0.2) is 9.78 Å². The van der Waals surface area contributed by atoms with Crippen molar-refractivity contribution in [3.63, 3.8) is 0 Å². The summed E-state index contributed by atoms with van der Waals surface area (Å²) in [4.78, 5) is 0. The molecule has 0 radical (unpaired) electrons. The van der Waals surface area contributed by atoms with E-state index in [0.29, 0.717) is 0 Å². The molecule has 16 heavy (non-hydrogen) atoms. The van der Waals surface area contributed by atoms with E-state index in [1.165, 1.54) is 5.56 Å². The summed E-state index contributed by atoms with van der Waals surface area (Å²) in [7, 11) is 0. The largest absolute Gasteiger partial charge is 0.324 e. The molecule has 0 bridgehead atoms. The Hall–Kier alpha value is -1.61. The Morgan fingerprint density at radius 3 is 2.56 bits per heavy atom. The lowest BCUT2D eigenvalue weighted by Crippen LogP contribution is -2.05. The number of benzene rings is 1. The third kappa shape index (κ3) is 2.31. The van der Waals surface area contributed by atoms with Crippen LogP contribution in [0.4, 0.5) is 0 Å². The van der Waals surface area contributed by atoms with Crippen LogP contribution >= 0.6 is 0 Å². The molecule has 0 saturated carbocycles. The second-order valence-corrected chi connectivity index (χ2v) is 4.14. The SMILES string of the molecule is Cc1nn(Cc2ccccc2)cc1[C@H](C)N. The van der Waals surface area contributed by atoms with Gasteiger partial charge in [-0.05, 0) is 19.4 Å². The van der Waals surface area contributed by atoms with Crippen LogP contribution in [0.5, 0.6) is 0 Å². The second kappa shape index (κ2) is 4.49. The second-order valence-electron chi connectivity index (χ2n) is 4.14. The minimum atomic E-state index is 0.0459. The minimum Gasteiger partial charge on any atom is -0.324 e. The van der Waals surface area contributed by atoms with Crippen molar-refractivity contribution in [1.29, 1.82) is 0 Å². The molecule has 0 saturated heterocycles. The first kappa shape index (κ1) is 10.9. The number of aromatic nitrogens is 2. The Bertz CT molecular complexity index is 457. The van der Waals surface area contributed by atoms with E-state index < -0.39 is 0 Å². The van der Waals surface area contributed by atoms with Gasteiger partial charge in [0.2, 0.25) is 0 Å². The molecule has 1 aromatic carbocycles. The lowest BCUT2D eigenvalue weighted by molar-refractivity contribution is 0.678. The molecule has 1 atom stereocenters. The van der Waals surface area contributed by atoms with Crippen molar-refractivity contribution in [3.8, 4) is 0 Å². The lowest BCUT2D eigenvalue weighted by atomic mass is 10.1. The fourth-order valence-electron chi connectivity index (χ4n) is 1.83. The van der Waals surface area contributed by atoms with Gasteiger partial charge in [0.05, 0.1) is 12.2 Å². The zero-order valence-corrected chi connectivity index (χ0v) is 9.72. The highest BCUT2D eigenvalue weighted by molar-refractivity contribution is 5.20. The molecule has 0 spiro atoms. The molecule has 1 aromatic heterocycles.